The number of amides is 2. The van der Waals surface area contributed by atoms with Crippen molar-refractivity contribution in [2.75, 3.05) is 37.7 Å². The SMILES string of the molecule is CCOc1ccccc1N1CCN(C(=O)N[C@H](C)c2cccc(Br)c2)CC1. The number of halogens is 1. The predicted octanol–water partition coefficient (Wildman–Crippen LogP) is 4.44. The number of carbonyl (C=O) groups is 1. The normalized spacial score (nSPS) is 15.4. The van der Waals surface area contributed by atoms with Crippen LogP contribution in [0.3, 0.4) is 0 Å². The fourth-order valence-electron chi connectivity index (χ4n) is 3.28. The Morgan fingerprint density at radius 3 is 2.59 bits per heavy atom. The van der Waals surface area contributed by atoms with E-state index in [4.69, 9.17) is 4.74 Å². The van der Waals surface area contributed by atoms with Crippen molar-refractivity contribution in [2.24, 2.45) is 0 Å². The lowest BCUT2D eigenvalue weighted by Gasteiger charge is -2.37. The molecule has 27 heavy (non-hydrogen) atoms. The number of nitrogens with one attached hydrogen (secondary N) is 1. The van der Waals surface area contributed by atoms with Crippen molar-refractivity contribution in [2.45, 2.75) is 19.9 Å². The van der Waals surface area contributed by atoms with E-state index in [0.717, 1.165) is 34.6 Å². The molecule has 0 radical (unpaired) electrons. The predicted molar refractivity (Wildman–Crippen MR) is 112 cm³/mol. The fraction of sp³-hybridized carbons (Fsp3) is 0.381. The van der Waals surface area contributed by atoms with Gasteiger partial charge in [-0.3, -0.25) is 0 Å². The first-order chi connectivity index (χ1) is 13.1. The molecule has 1 aliphatic heterocycles. The zero-order valence-corrected chi connectivity index (χ0v) is 17.4. The monoisotopic (exact) mass is 431 g/mol. The first-order valence-corrected chi connectivity index (χ1v) is 10.2. The van der Waals surface area contributed by atoms with Gasteiger partial charge in [0.05, 0.1) is 18.3 Å². The molecule has 0 aliphatic carbocycles. The molecule has 0 spiro atoms. The number of urea groups is 1. The summed E-state index contributed by atoms with van der Waals surface area (Å²) in [4.78, 5) is 16.8. The number of nitrogens with zero attached hydrogens (tertiary/aromatic N) is 2. The number of hydrogen-bond donors (Lipinski definition) is 1. The third-order valence-electron chi connectivity index (χ3n) is 4.76. The van der Waals surface area contributed by atoms with Gasteiger partial charge in [-0.1, -0.05) is 40.2 Å². The zero-order chi connectivity index (χ0) is 19.2. The van der Waals surface area contributed by atoms with Crippen LogP contribution in [-0.2, 0) is 0 Å². The van der Waals surface area contributed by atoms with Gasteiger partial charge in [-0.05, 0) is 43.7 Å². The Balaban J connectivity index is 1.56. The van der Waals surface area contributed by atoms with Crippen LogP contribution in [0.2, 0.25) is 0 Å². The van der Waals surface area contributed by atoms with E-state index in [1.807, 2.05) is 61.2 Å². The summed E-state index contributed by atoms with van der Waals surface area (Å²) in [5.41, 5.74) is 2.18. The van der Waals surface area contributed by atoms with E-state index in [-0.39, 0.29) is 12.1 Å². The summed E-state index contributed by atoms with van der Waals surface area (Å²) >= 11 is 3.48. The number of carbonyl (C=O) groups excluding carboxylic acids is 1. The first kappa shape index (κ1) is 19.5. The highest BCUT2D eigenvalue weighted by Gasteiger charge is 2.24. The van der Waals surface area contributed by atoms with Crippen molar-refractivity contribution >= 4 is 27.6 Å². The highest BCUT2D eigenvalue weighted by molar-refractivity contribution is 9.10. The zero-order valence-electron chi connectivity index (χ0n) is 15.8. The maximum absolute atomic E-state index is 12.6. The Hall–Kier alpha value is -2.21. The molecule has 2 aromatic rings. The van der Waals surface area contributed by atoms with E-state index >= 15 is 0 Å². The largest absolute Gasteiger partial charge is 0.492 e. The van der Waals surface area contributed by atoms with Crippen LogP contribution < -0.4 is 15.0 Å². The lowest BCUT2D eigenvalue weighted by molar-refractivity contribution is 0.191. The molecule has 0 aromatic heterocycles. The van der Waals surface area contributed by atoms with Gasteiger partial charge < -0.3 is 19.9 Å². The van der Waals surface area contributed by atoms with Gasteiger partial charge in [0.1, 0.15) is 5.75 Å². The number of hydrogen-bond acceptors (Lipinski definition) is 3. The van der Waals surface area contributed by atoms with Crippen LogP contribution in [0.25, 0.3) is 0 Å². The van der Waals surface area contributed by atoms with E-state index in [0.29, 0.717) is 19.7 Å². The number of piperazine rings is 1. The van der Waals surface area contributed by atoms with Crippen molar-refractivity contribution in [3.05, 3.63) is 58.6 Å². The molecule has 0 saturated carbocycles. The highest BCUT2D eigenvalue weighted by atomic mass is 79.9. The molecule has 1 saturated heterocycles. The summed E-state index contributed by atoms with van der Waals surface area (Å²) in [6, 6.07) is 16.1. The Bertz CT molecular complexity index is 776. The quantitative estimate of drug-likeness (QED) is 0.760. The molecule has 2 aromatic carbocycles. The van der Waals surface area contributed by atoms with E-state index in [9.17, 15) is 4.79 Å². The summed E-state index contributed by atoms with van der Waals surface area (Å²) in [7, 11) is 0. The molecule has 5 nitrogen and oxygen atoms in total. The average molecular weight is 432 g/mol. The Labute approximate surface area is 169 Å². The molecule has 144 valence electrons. The number of rotatable bonds is 5. The number of ether oxygens (including phenoxy) is 1. The number of para-hydroxylation sites is 2. The number of anilines is 1. The van der Waals surface area contributed by atoms with Gasteiger partial charge in [-0.2, -0.15) is 0 Å². The standard InChI is InChI=1S/C21H26BrN3O2/c1-3-27-20-10-5-4-9-19(20)24-11-13-25(14-12-24)21(26)23-16(2)17-7-6-8-18(22)15-17/h4-10,15-16H,3,11-14H2,1-2H3,(H,23,26)/t16-/m1/s1. The third kappa shape index (κ3) is 4.95. The van der Waals surface area contributed by atoms with Crippen molar-refractivity contribution in [3.63, 3.8) is 0 Å². The minimum Gasteiger partial charge on any atom is -0.492 e. The van der Waals surface area contributed by atoms with E-state index in [1.54, 1.807) is 0 Å². The molecule has 0 bridgehead atoms. The summed E-state index contributed by atoms with van der Waals surface area (Å²) in [5.74, 6) is 0.904. The molecule has 1 fully saturated rings. The molecule has 2 amide bonds. The number of benzene rings is 2. The van der Waals surface area contributed by atoms with Crippen molar-refractivity contribution in [1.29, 1.82) is 0 Å². The van der Waals surface area contributed by atoms with Crippen LogP contribution in [0.1, 0.15) is 25.5 Å². The van der Waals surface area contributed by atoms with Crippen LogP contribution in [0.15, 0.2) is 53.0 Å². The maximum Gasteiger partial charge on any atom is 0.317 e. The summed E-state index contributed by atoms with van der Waals surface area (Å²) in [6.45, 7) is 7.62. The summed E-state index contributed by atoms with van der Waals surface area (Å²) < 4.78 is 6.75. The molecule has 3 rings (SSSR count). The second-order valence-electron chi connectivity index (χ2n) is 6.60. The molecular formula is C21H26BrN3O2. The fourth-order valence-corrected chi connectivity index (χ4v) is 3.70. The van der Waals surface area contributed by atoms with Crippen LogP contribution in [-0.4, -0.2) is 43.7 Å². The van der Waals surface area contributed by atoms with Gasteiger partial charge in [-0.25, -0.2) is 4.79 Å². The Kier molecular flexibility index (Phi) is 6.61. The average Bonchev–Trinajstić information content (AvgIpc) is 2.69. The van der Waals surface area contributed by atoms with Gasteiger partial charge in [0.15, 0.2) is 0 Å². The maximum atomic E-state index is 12.6. The van der Waals surface area contributed by atoms with E-state index in [1.165, 1.54) is 0 Å². The van der Waals surface area contributed by atoms with Crippen LogP contribution in [0.4, 0.5) is 10.5 Å². The topological polar surface area (TPSA) is 44.8 Å². The molecule has 1 atom stereocenters. The molecule has 0 unspecified atom stereocenters. The Morgan fingerprint density at radius 2 is 1.89 bits per heavy atom. The van der Waals surface area contributed by atoms with E-state index in [2.05, 4.69) is 32.2 Å². The van der Waals surface area contributed by atoms with Gasteiger partial charge in [0, 0.05) is 30.7 Å². The smallest absolute Gasteiger partial charge is 0.317 e. The van der Waals surface area contributed by atoms with Crippen molar-refractivity contribution in [3.8, 4) is 5.75 Å². The van der Waals surface area contributed by atoms with Crippen LogP contribution in [0.5, 0.6) is 5.75 Å². The molecule has 6 heteroatoms. The third-order valence-corrected chi connectivity index (χ3v) is 5.25. The molecule has 1 aliphatic rings. The highest BCUT2D eigenvalue weighted by Crippen LogP contribution is 2.29. The molecular weight excluding hydrogens is 406 g/mol. The summed E-state index contributed by atoms with van der Waals surface area (Å²) in [5, 5.41) is 3.10. The van der Waals surface area contributed by atoms with Crippen LogP contribution >= 0.6 is 15.9 Å². The van der Waals surface area contributed by atoms with Gasteiger partial charge in [0.2, 0.25) is 0 Å². The molecule has 1 heterocycles. The second-order valence-corrected chi connectivity index (χ2v) is 7.52. The van der Waals surface area contributed by atoms with Gasteiger partial charge in [-0.15, -0.1) is 0 Å². The minimum absolute atomic E-state index is 0.0137. The summed E-state index contributed by atoms with van der Waals surface area (Å²) in [6.07, 6.45) is 0. The van der Waals surface area contributed by atoms with Crippen LogP contribution in [0, 0.1) is 0 Å². The van der Waals surface area contributed by atoms with Gasteiger partial charge >= 0.3 is 6.03 Å². The lowest BCUT2D eigenvalue weighted by Crippen LogP contribution is -2.52. The second kappa shape index (κ2) is 9.13. The first-order valence-electron chi connectivity index (χ1n) is 9.36. The minimum atomic E-state index is -0.0355. The molecule has 1 N–H and O–H groups in total. The lowest BCUT2D eigenvalue weighted by atomic mass is 10.1. The van der Waals surface area contributed by atoms with Crippen molar-refractivity contribution < 1.29 is 9.53 Å². The van der Waals surface area contributed by atoms with Crippen molar-refractivity contribution in [1.82, 2.24) is 10.2 Å². The van der Waals surface area contributed by atoms with Gasteiger partial charge in [0.25, 0.3) is 0 Å². The Morgan fingerprint density at radius 1 is 1.15 bits per heavy atom. The van der Waals surface area contributed by atoms with E-state index < -0.39 is 0 Å².